The zero-order valence-electron chi connectivity index (χ0n) is 20.4. The van der Waals surface area contributed by atoms with Gasteiger partial charge in [0.25, 0.3) is 0 Å². The summed E-state index contributed by atoms with van der Waals surface area (Å²) in [5.74, 6) is 0.203. The Balaban J connectivity index is 1.75. The minimum absolute atomic E-state index is 0.0684. The first-order valence-corrected chi connectivity index (χ1v) is 12.6. The van der Waals surface area contributed by atoms with E-state index in [2.05, 4.69) is 15.9 Å². The van der Waals surface area contributed by atoms with E-state index in [0.717, 1.165) is 28.1 Å². The molecular weight excluding hydrogens is 472 g/mol. The van der Waals surface area contributed by atoms with Gasteiger partial charge in [0.15, 0.2) is 11.4 Å². The highest BCUT2D eigenvalue weighted by Crippen LogP contribution is 2.35. The number of aromatic nitrogens is 2. The summed E-state index contributed by atoms with van der Waals surface area (Å²) in [6.07, 6.45) is 1.71. The van der Waals surface area contributed by atoms with Gasteiger partial charge in [-0.1, -0.05) is 42.5 Å². The molecule has 180 valence electrons. The minimum Gasteiger partial charge on any atom is -0.377 e. The topological polar surface area (TPSA) is 89.3 Å². The highest BCUT2D eigenvalue weighted by Gasteiger charge is 2.23. The van der Waals surface area contributed by atoms with Crippen LogP contribution in [0.5, 0.6) is 5.75 Å². The molecule has 0 saturated heterocycles. The summed E-state index contributed by atoms with van der Waals surface area (Å²) in [5, 5.41) is 9.93. The van der Waals surface area contributed by atoms with E-state index in [9.17, 15) is 13.7 Å². The number of pyridine rings is 1. The van der Waals surface area contributed by atoms with Gasteiger partial charge in [0, 0.05) is 35.3 Å². The second kappa shape index (κ2) is 9.69. The number of hydrogen-bond donors (Lipinski definition) is 0. The van der Waals surface area contributed by atoms with Gasteiger partial charge in [0.2, 0.25) is 0 Å². The fourth-order valence-corrected chi connectivity index (χ4v) is 5.31. The van der Waals surface area contributed by atoms with Gasteiger partial charge >= 0.3 is 10.1 Å². The molecule has 2 heterocycles. The van der Waals surface area contributed by atoms with Gasteiger partial charge in [-0.25, -0.2) is 4.85 Å². The molecule has 0 amide bonds. The van der Waals surface area contributed by atoms with Crippen molar-refractivity contribution in [3.05, 3.63) is 106 Å². The van der Waals surface area contributed by atoms with Crippen molar-refractivity contribution in [3.63, 3.8) is 0 Å². The maximum absolute atomic E-state index is 12.9. The molecule has 0 unspecified atom stereocenters. The van der Waals surface area contributed by atoms with Gasteiger partial charge in [0.05, 0.1) is 17.8 Å². The van der Waals surface area contributed by atoms with Gasteiger partial charge < -0.3 is 8.75 Å². The van der Waals surface area contributed by atoms with E-state index < -0.39 is 10.1 Å². The Morgan fingerprint density at radius 2 is 1.69 bits per heavy atom. The van der Waals surface area contributed by atoms with Crippen molar-refractivity contribution in [3.8, 4) is 22.9 Å². The average Bonchev–Trinajstić information content (AvgIpc) is 3.12. The number of nitrogens with zero attached hydrogens (tertiary/aromatic N) is 4. The molecule has 36 heavy (non-hydrogen) atoms. The summed E-state index contributed by atoms with van der Waals surface area (Å²) < 4.78 is 33.3. The van der Waals surface area contributed by atoms with Crippen molar-refractivity contribution in [2.75, 3.05) is 0 Å². The lowest BCUT2D eigenvalue weighted by Crippen LogP contribution is -2.13. The van der Waals surface area contributed by atoms with Gasteiger partial charge in [-0.15, -0.1) is 0 Å². The second-order valence-electron chi connectivity index (χ2n) is 8.45. The summed E-state index contributed by atoms with van der Waals surface area (Å²) in [5.41, 5.74) is 6.35. The van der Waals surface area contributed by atoms with E-state index in [4.69, 9.17) is 10.8 Å². The third-order valence-electron chi connectivity index (χ3n) is 6.30. The van der Waals surface area contributed by atoms with Gasteiger partial charge in [-0.3, -0.25) is 4.98 Å². The van der Waals surface area contributed by atoms with E-state index in [1.807, 2.05) is 37.5 Å². The molecule has 0 radical (unpaired) electrons. The van der Waals surface area contributed by atoms with Gasteiger partial charge in [0.1, 0.15) is 11.0 Å². The van der Waals surface area contributed by atoms with Crippen molar-refractivity contribution >= 4 is 15.8 Å². The van der Waals surface area contributed by atoms with Crippen LogP contribution < -0.4 is 4.18 Å². The van der Waals surface area contributed by atoms with E-state index in [1.54, 1.807) is 43.5 Å². The standard InChI is InChI=1S/C28H24N4O3S/c1-18-23(16-31-19(2)28(18)35-36(33,34)25-9-7-6-8-10-25)17-32-20(3)26(15-29)27(21(32)4)22-11-13-24(30-5)14-12-22/h6-14,16H,17H2,1-4H3. The second-order valence-corrected chi connectivity index (χ2v) is 10.00. The van der Waals surface area contributed by atoms with Crippen molar-refractivity contribution in [2.45, 2.75) is 39.1 Å². The van der Waals surface area contributed by atoms with E-state index in [1.165, 1.54) is 12.1 Å². The molecule has 0 saturated carbocycles. The predicted molar refractivity (Wildman–Crippen MR) is 137 cm³/mol. The Labute approximate surface area is 211 Å². The lowest BCUT2D eigenvalue weighted by Gasteiger charge is -2.16. The van der Waals surface area contributed by atoms with Crippen LogP contribution in [-0.2, 0) is 16.7 Å². The number of benzene rings is 2. The van der Waals surface area contributed by atoms with Crippen LogP contribution in [0.1, 0.15) is 33.8 Å². The van der Waals surface area contributed by atoms with Gasteiger partial charge in [-0.2, -0.15) is 13.7 Å². The molecule has 7 nitrogen and oxygen atoms in total. The first kappa shape index (κ1) is 24.7. The third-order valence-corrected chi connectivity index (χ3v) is 7.53. The van der Waals surface area contributed by atoms with Crippen molar-refractivity contribution < 1.29 is 12.6 Å². The third kappa shape index (κ3) is 4.47. The number of rotatable bonds is 6. The molecular formula is C28H24N4O3S. The Hall–Kier alpha value is -4.40. The molecule has 2 aromatic heterocycles. The van der Waals surface area contributed by atoms with Crippen LogP contribution in [-0.4, -0.2) is 18.0 Å². The Morgan fingerprint density at radius 3 is 2.31 bits per heavy atom. The predicted octanol–water partition coefficient (Wildman–Crippen LogP) is 6.02. The average molecular weight is 497 g/mol. The van der Waals surface area contributed by atoms with Crippen LogP contribution in [0.2, 0.25) is 0 Å². The number of nitriles is 1. The zero-order valence-corrected chi connectivity index (χ0v) is 21.2. The zero-order chi connectivity index (χ0) is 26.0. The fourth-order valence-electron chi connectivity index (χ4n) is 4.26. The molecule has 8 heteroatoms. The first-order valence-electron chi connectivity index (χ1n) is 11.2. The molecule has 0 aliphatic carbocycles. The maximum Gasteiger partial charge on any atom is 0.339 e. The highest BCUT2D eigenvalue weighted by atomic mass is 32.2. The summed E-state index contributed by atoms with van der Waals surface area (Å²) >= 11 is 0. The van der Waals surface area contributed by atoms with Crippen LogP contribution in [0.4, 0.5) is 5.69 Å². The molecule has 4 aromatic rings. The summed E-state index contributed by atoms with van der Waals surface area (Å²) in [7, 11) is -4.02. The van der Waals surface area contributed by atoms with Crippen molar-refractivity contribution in [1.29, 1.82) is 5.26 Å². The molecule has 0 fully saturated rings. The Morgan fingerprint density at radius 1 is 1.03 bits per heavy atom. The van der Waals surface area contributed by atoms with E-state index in [0.29, 0.717) is 29.1 Å². The fraction of sp³-hybridized carbons (Fsp3) is 0.179. The smallest absolute Gasteiger partial charge is 0.339 e. The van der Waals surface area contributed by atoms with Crippen LogP contribution in [0, 0.1) is 45.6 Å². The molecule has 0 bridgehead atoms. The number of hydrogen-bond acceptors (Lipinski definition) is 5. The lowest BCUT2D eigenvalue weighted by atomic mass is 10.0. The minimum atomic E-state index is -4.02. The molecule has 0 aliphatic rings. The molecule has 4 rings (SSSR count). The monoisotopic (exact) mass is 496 g/mol. The number of aryl methyl sites for hydroxylation is 1. The van der Waals surface area contributed by atoms with Crippen LogP contribution >= 0.6 is 0 Å². The van der Waals surface area contributed by atoms with Crippen LogP contribution in [0.15, 0.2) is 65.7 Å². The molecule has 2 aromatic carbocycles. The maximum atomic E-state index is 12.9. The van der Waals surface area contributed by atoms with E-state index in [-0.39, 0.29) is 10.6 Å². The molecule has 0 atom stereocenters. The van der Waals surface area contributed by atoms with E-state index >= 15 is 0 Å². The Bertz CT molecular complexity index is 1640. The summed E-state index contributed by atoms with van der Waals surface area (Å²) in [6, 6.07) is 17.5. The normalized spacial score (nSPS) is 11.1. The Kier molecular flexibility index (Phi) is 6.65. The summed E-state index contributed by atoms with van der Waals surface area (Å²) in [4.78, 5) is 7.91. The lowest BCUT2D eigenvalue weighted by molar-refractivity contribution is 0.479. The molecule has 0 spiro atoms. The van der Waals surface area contributed by atoms with Crippen molar-refractivity contribution in [1.82, 2.24) is 9.55 Å². The summed E-state index contributed by atoms with van der Waals surface area (Å²) in [6.45, 7) is 14.9. The van der Waals surface area contributed by atoms with Crippen molar-refractivity contribution in [2.24, 2.45) is 0 Å². The highest BCUT2D eigenvalue weighted by molar-refractivity contribution is 7.87. The van der Waals surface area contributed by atoms with Gasteiger partial charge in [-0.05, 0) is 51.0 Å². The largest absolute Gasteiger partial charge is 0.377 e. The molecule has 0 aliphatic heterocycles. The van der Waals surface area contributed by atoms with Crippen LogP contribution in [0.3, 0.4) is 0 Å². The first-order chi connectivity index (χ1) is 17.2. The quantitative estimate of drug-likeness (QED) is 0.240. The van der Waals surface area contributed by atoms with Crippen LogP contribution in [0.25, 0.3) is 16.0 Å². The SMILES string of the molecule is [C-]#[N+]c1ccc(-c2c(C#N)c(C)n(Cc3cnc(C)c(OS(=O)(=O)c4ccccc4)c3C)c2C)cc1. The molecule has 0 N–H and O–H groups in total.